The summed E-state index contributed by atoms with van der Waals surface area (Å²) in [6, 6.07) is 0. The molecular weight excluding hydrogens is 268 g/mol. The molecule has 0 aromatic rings. The van der Waals surface area contributed by atoms with Gasteiger partial charge in [0, 0.05) is 24.2 Å². The van der Waals surface area contributed by atoms with Crippen molar-refractivity contribution in [3.05, 3.63) is 11.6 Å². The molecule has 0 amide bonds. The average molecular weight is 292 g/mol. The quantitative estimate of drug-likeness (QED) is 0.423. The number of rotatable bonds is 1. The molecule has 6 atom stereocenters. The lowest BCUT2D eigenvalue weighted by Gasteiger charge is -2.57. The van der Waals surface area contributed by atoms with E-state index in [0.717, 1.165) is 25.9 Å². The molecule has 116 valence electrons. The van der Waals surface area contributed by atoms with Gasteiger partial charge in [-0.25, -0.2) is 0 Å². The van der Waals surface area contributed by atoms with Crippen LogP contribution in [0, 0.1) is 10.8 Å². The van der Waals surface area contributed by atoms with Crippen molar-refractivity contribution in [3.63, 3.8) is 0 Å². The Morgan fingerprint density at radius 2 is 2.14 bits per heavy atom. The van der Waals surface area contributed by atoms with Crippen molar-refractivity contribution < 1.29 is 19.0 Å². The van der Waals surface area contributed by atoms with Crippen molar-refractivity contribution in [1.82, 2.24) is 0 Å². The maximum absolute atomic E-state index is 11.6. The molecule has 4 nitrogen and oxygen atoms in total. The van der Waals surface area contributed by atoms with Gasteiger partial charge < -0.3 is 14.2 Å². The van der Waals surface area contributed by atoms with Crippen molar-refractivity contribution in [2.75, 3.05) is 6.61 Å². The standard InChI is InChI=1S/C17H24O4/c1-10-5-6-15(3)12(7-10)21-14-8-13(20-11(2)18)16(15,4)17(14)9-19-17/h7,12-14H,5-6,8-9H2,1-4H3/t12-,13-,14-,15+,16-,17-/m1/s1. The van der Waals surface area contributed by atoms with Crippen LogP contribution in [0.15, 0.2) is 11.6 Å². The van der Waals surface area contributed by atoms with E-state index < -0.39 is 0 Å². The van der Waals surface area contributed by atoms with Crippen LogP contribution < -0.4 is 0 Å². The molecule has 4 aliphatic rings. The monoisotopic (exact) mass is 292 g/mol. The van der Waals surface area contributed by atoms with Crippen LogP contribution in [0.2, 0.25) is 0 Å². The number of ether oxygens (including phenoxy) is 3. The van der Waals surface area contributed by atoms with E-state index in [0.29, 0.717) is 0 Å². The Morgan fingerprint density at radius 1 is 1.43 bits per heavy atom. The third-order valence-corrected chi connectivity index (χ3v) is 6.83. The molecule has 0 unspecified atom stereocenters. The number of allylic oxidation sites excluding steroid dienone is 1. The molecule has 1 saturated carbocycles. The fourth-order valence-corrected chi connectivity index (χ4v) is 5.22. The van der Waals surface area contributed by atoms with Crippen molar-refractivity contribution >= 4 is 5.97 Å². The second kappa shape index (κ2) is 3.90. The predicted molar refractivity (Wildman–Crippen MR) is 76.7 cm³/mol. The van der Waals surface area contributed by atoms with Crippen LogP contribution >= 0.6 is 0 Å². The van der Waals surface area contributed by atoms with Gasteiger partial charge in [0.1, 0.15) is 11.7 Å². The molecular formula is C17H24O4. The molecule has 0 N–H and O–H groups in total. The lowest BCUT2D eigenvalue weighted by Crippen LogP contribution is -2.63. The van der Waals surface area contributed by atoms with E-state index in [4.69, 9.17) is 14.2 Å². The Bertz CT molecular complexity index is 535. The van der Waals surface area contributed by atoms with E-state index in [1.807, 2.05) is 0 Å². The van der Waals surface area contributed by atoms with Gasteiger partial charge in [-0.2, -0.15) is 0 Å². The van der Waals surface area contributed by atoms with Gasteiger partial charge in [0.2, 0.25) is 0 Å². The maximum atomic E-state index is 11.6. The average Bonchev–Trinajstić information content (AvgIpc) is 3.16. The first-order valence-electron chi connectivity index (χ1n) is 7.97. The van der Waals surface area contributed by atoms with Gasteiger partial charge in [-0.05, 0) is 19.8 Å². The summed E-state index contributed by atoms with van der Waals surface area (Å²) < 4.78 is 18.1. The van der Waals surface area contributed by atoms with Crippen molar-refractivity contribution in [3.8, 4) is 0 Å². The summed E-state index contributed by atoms with van der Waals surface area (Å²) >= 11 is 0. The summed E-state index contributed by atoms with van der Waals surface area (Å²) in [4.78, 5) is 11.6. The van der Waals surface area contributed by atoms with Crippen LogP contribution in [0.25, 0.3) is 0 Å². The van der Waals surface area contributed by atoms with Gasteiger partial charge in [-0.3, -0.25) is 4.79 Å². The highest BCUT2D eigenvalue weighted by Gasteiger charge is 2.81. The van der Waals surface area contributed by atoms with Crippen LogP contribution in [0.1, 0.15) is 47.0 Å². The number of carbonyl (C=O) groups excluding carboxylic acids is 1. The Hall–Kier alpha value is -0.870. The first-order valence-corrected chi connectivity index (χ1v) is 7.97. The fraction of sp³-hybridized carbons (Fsp3) is 0.824. The highest BCUT2D eigenvalue weighted by Crippen LogP contribution is 2.71. The number of carbonyl (C=O) groups is 1. The Morgan fingerprint density at radius 3 is 2.76 bits per heavy atom. The Balaban J connectivity index is 1.82. The van der Waals surface area contributed by atoms with Crippen LogP contribution in [0.3, 0.4) is 0 Å². The first-order chi connectivity index (χ1) is 9.83. The highest BCUT2D eigenvalue weighted by molar-refractivity contribution is 5.66. The van der Waals surface area contributed by atoms with Gasteiger partial charge in [0.15, 0.2) is 0 Å². The number of fused-ring (bicyclic) bond motifs is 2. The molecule has 4 rings (SSSR count). The van der Waals surface area contributed by atoms with Crippen molar-refractivity contribution in [1.29, 1.82) is 0 Å². The largest absolute Gasteiger partial charge is 0.462 e. The van der Waals surface area contributed by atoms with Gasteiger partial charge in [-0.1, -0.05) is 25.5 Å². The van der Waals surface area contributed by atoms with E-state index in [9.17, 15) is 4.79 Å². The summed E-state index contributed by atoms with van der Waals surface area (Å²) in [6.45, 7) is 8.96. The molecule has 1 spiro atoms. The molecule has 2 saturated heterocycles. The first kappa shape index (κ1) is 13.8. The maximum Gasteiger partial charge on any atom is 0.302 e. The minimum absolute atomic E-state index is 0.0455. The fourth-order valence-electron chi connectivity index (χ4n) is 5.22. The topological polar surface area (TPSA) is 48.1 Å². The van der Waals surface area contributed by atoms with Crippen LogP contribution in [-0.4, -0.2) is 36.5 Å². The van der Waals surface area contributed by atoms with Gasteiger partial charge in [-0.15, -0.1) is 0 Å². The van der Waals surface area contributed by atoms with E-state index in [-0.39, 0.29) is 40.7 Å². The van der Waals surface area contributed by atoms with Crippen LogP contribution in [0.5, 0.6) is 0 Å². The summed E-state index contributed by atoms with van der Waals surface area (Å²) in [5.74, 6) is -0.202. The Labute approximate surface area is 125 Å². The summed E-state index contributed by atoms with van der Waals surface area (Å²) in [6.07, 6.45) is 5.23. The van der Waals surface area contributed by atoms with E-state index in [1.165, 1.54) is 12.5 Å². The molecule has 2 heterocycles. The number of epoxide rings is 1. The zero-order valence-electron chi connectivity index (χ0n) is 13.3. The summed E-state index contributed by atoms with van der Waals surface area (Å²) in [7, 11) is 0. The Kier molecular flexibility index (Phi) is 2.56. The van der Waals surface area contributed by atoms with E-state index in [2.05, 4.69) is 26.8 Å². The SMILES string of the molecule is CC(=O)O[C@@H]1C[C@H]2O[C@@H]3C=C(C)CC[C@]3(C)[C@]1(C)[C@@]21CO1. The molecule has 3 fully saturated rings. The predicted octanol–water partition coefficient (Wildman–Crippen LogP) is 2.61. The third-order valence-electron chi connectivity index (χ3n) is 6.83. The number of hydrogen-bond donors (Lipinski definition) is 0. The molecule has 2 bridgehead atoms. The second-order valence-electron chi connectivity index (χ2n) is 7.69. The zero-order valence-corrected chi connectivity index (χ0v) is 13.3. The molecule has 21 heavy (non-hydrogen) atoms. The van der Waals surface area contributed by atoms with Crippen LogP contribution in [0.4, 0.5) is 0 Å². The normalized spacial score (nSPS) is 54.1. The van der Waals surface area contributed by atoms with Gasteiger partial charge in [0.05, 0.1) is 18.8 Å². The number of hydrogen-bond acceptors (Lipinski definition) is 4. The van der Waals surface area contributed by atoms with Crippen molar-refractivity contribution in [2.45, 2.75) is 70.9 Å². The highest BCUT2D eigenvalue weighted by atomic mass is 16.6. The molecule has 2 aliphatic carbocycles. The minimum Gasteiger partial charge on any atom is -0.462 e. The van der Waals surface area contributed by atoms with Crippen LogP contribution in [-0.2, 0) is 19.0 Å². The van der Waals surface area contributed by atoms with E-state index >= 15 is 0 Å². The summed E-state index contributed by atoms with van der Waals surface area (Å²) in [5, 5.41) is 0. The summed E-state index contributed by atoms with van der Waals surface area (Å²) in [5.41, 5.74) is 0.946. The molecule has 0 aromatic heterocycles. The van der Waals surface area contributed by atoms with Crippen molar-refractivity contribution in [2.24, 2.45) is 10.8 Å². The van der Waals surface area contributed by atoms with Gasteiger partial charge in [0.25, 0.3) is 0 Å². The molecule has 0 radical (unpaired) electrons. The zero-order chi connectivity index (χ0) is 15.0. The lowest BCUT2D eigenvalue weighted by molar-refractivity contribution is -0.210. The number of esters is 1. The minimum atomic E-state index is -0.239. The van der Waals surface area contributed by atoms with Gasteiger partial charge >= 0.3 is 5.97 Å². The smallest absolute Gasteiger partial charge is 0.302 e. The second-order valence-corrected chi connectivity index (χ2v) is 7.69. The molecule has 4 heteroatoms. The lowest BCUT2D eigenvalue weighted by atomic mass is 9.52. The van der Waals surface area contributed by atoms with E-state index in [1.54, 1.807) is 0 Å². The molecule has 0 aromatic carbocycles. The third kappa shape index (κ3) is 1.45. The molecule has 2 aliphatic heterocycles.